The number of halogens is 1. The summed E-state index contributed by atoms with van der Waals surface area (Å²) in [6.07, 6.45) is 3.33. The molecule has 2 aliphatic rings. The van der Waals surface area contributed by atoms with Crippen molar-refractivity contribution >= 4 is 28.5 Å². The molecule has 1 N–H and O–H groups in total. The average molecular weight is 386 g/mol. The van der Waals surface area contributed by atoms with Crippen molar-refractivity contribution in [1.29, 1.82) is 0 Å². The van der Waals surface area contributed by atoms with Gasteiger partial charge in [0.25, 0.3) is 5.91 Å². The van der Waals surface area contributed by atoms with E-state index >= 15 is 0 Å². The molecule has 2 aliphatic heterocycles. The molecule has 3 rings (SSSR count). The maximum Gasteiger partial charge on any atom is 0.255 e. The van der Waals surface area contributed by atoms with Crippen molar-refractivity contribution < 1.29 is 9.53 Å². The van der Waals surface area contributed by atoms with Crippen LogP contribution in [0.3, 0.4) is 0 Å². The molecular weight excluding hydrogens is 367 g/mol. The summed E-state index contributed by atoms with van der Waals surface area (Å²) in [5.41, 5.74) is 0.796. The lowest BCUT2D eigenvalue weighted by molar-refractivity contribution is 0.0679. The number of ether oxygens (including phenoxy) is 1. The minimum atomic E-state index is 0.174. The largest absolute Gasteiger partial charge is 0.497 e. The van der Waals surface area contributed by atoms with Gasteiger partial charge in [-0.15, -0.1) is 0 Å². The molecule has 0 spiro atoms. The molecule has 0 saturated carbocycles. The van der Waals surface area contributed by atoms with Gasteiger partial charge in [-0.1, -0.05) is 0 Å². The second-order valence-electron chi connectivity index (χ2n) is 5.44. The Bertz CT molecular complexity index is 507. The predicted octanol–water partition coefficient (Wildman–Crippen LogP) is 2.27. The highest BCUT2D eigenvalue weighted by Crippen LogP contribution is 2.31. The minimum Gasteiger partial charge on any atom is -0.497 e. The van der Waals surface area contributed by atoms with Crippen LogP contribution in [0.4, 0.5) is 0 Å². The molecule has 2 heterocycles. The molecule has 2 bridgehead atoms. The SMILES string of the molecule is COc1ccc(C(=O)N2C3CCNCC2CC3)c(I)c1. The number of methoxy groups -OCH3 is 1. The fourth-order valence-electron chi connectivity index (χ4n) is 3.25. The van der Waals surface area contributed by atoms with Gasteiger partial charge in [0.15, 0.2) is 0 Å². The highest BCUT2D eigenvalue weighted by molar-refractivity contribution is 14.1. The number of rotatable bonds is 2. The molecule has 4 nitrogen and oxygen atoms in total. The van der Waals surface area contributed by atoms with Gasteiger partial charge in [-0.05, 0) is 66.6 Å². The lowest BCUT2D eigenvalue weighted by Gasteiger charge is -2.28. The van der Waals surface area contributed by atoms with Crippen LogP contribution in [-0.4, -0.2) is 43.1 Å². The Labute approximate surface area is 133 Å². The molecular formula is C15H19IN2O2. The molecule has 1 aromatic carbocycles. The number of carbonyl (C=O) groups is 1. The van der Waals surface area contributed by atoms with Gasteiger partial charge in [-0.2, -0.15) is 0 Å². The maximum atomic E-state index is 12.9. The van der Waals surface area contributed by atoms with Crippen molar-refractivity contribution in [3.05, 3.63) is 27.3 Å². The normalized spacial score (nSPS) is 25.4. The van der Waals surface area contributed by atoms with Crippen LogP contribution < -0.4 is 10.1 Å². The first-order valence-corrected chi connectivity index (χ1v) is 8.15. The number of hydrogen-bond acceptors (Lipinski definition) is 3. The summed E-state index contributed by atoms with van der Waals surface area (Å²) in [4.78, 5) is 15.0. The third-order valence-corrected chi connectivity index (χ3v) is 5.19. The van der Waals surface area contributed by atoms with E-state index in [-0.39, 0.29) is 5.91 Å². The Morgan fingerprint density at radius 2 is 2.15 bits per heavy atom. The second-order valence-corrected chi connectivity index (χ2v) is 6.60. The first kappa shape index (κ1) is 14.1. The Morgan fingerprint density at radius 3 is 2.90 bits per heavy atom. The summed E-state index contributed by atoms with van der Waals surface area (Å²) in [7, 11) is 1.65. The molecule has 108 valence electrons. The lowest BCUT2D eigenvalue weighted by Crippen LogP contribution is -2.42. The Balaban J connectivity index is 1.88. The molecule has 0 radical (unpaired) electrons. The standard InChI is InChI=1S/C15H19IN2O2/c1-20-12-4-5-13(14(16)8-12)15(19)18-10-2-3-11(18)9-17-7-6-10/h4-5,8,10-11,17H,2-3,6-7,9H2,1H3. The lowest BCUT2D eigenvalue weighted by atomic mass is 10.1. The molecule has 2 saturated heterocycles. The van der Waals surface area contributed by atoms with E-state index in [1.807, 2.05) is 18.2 Å². The van der Waals surface area contributed by atoms with E-state index in [0.29, 0.717) is 12.1 Å². The minimum absolute atomic E-state index is 0.174. The monoisotopic (exact) mass is 386 g/mol. The van der Waals surface area contributed by atoms with Gasteiger partial charge in [-0.25, -0.2) is 0 Å². The van der Waals surface area contributed by atoms with Gasteiger partial charge < -0.3 is 15.0 Å². The van der Waals surface area contributed by atoms with Gasteiger partial charge in [0, 0.05) is 22.2 Å². The summed E-state index contributed by atoms with van der Waals surface area (Å²) >= 11 is 2.22. The molecule has 2 unspecified atom stereocenters. The van der Waals surface area contributed by atoms with Crippen LogP contribution in [0.2, 0.25) is 0 Å². The highest BCUT2D eigenvalue weighted by Gasteiger charge is 2.38. The Kier molecular flexibility index (Phi) is 4.16. The molecule has 20 heavy (non-hydrogen) atoms. The third kappa shape index (κ3) is 2.53. The molecule has 5 heteroatoms. The van der Waals surface area contributed by atoms with Crippen LogP contribution in [0.5, 0.6) is 5.75 Å². The van der Waals surface area contributed by atoms with Crippen LogP contribution in [0.1, 0.15) is 29.6 Å². The van der Waals surface area contributed by atoms with E-state index in [1.165, 1.54) is 0 Å². The van der Waals surface area contributed by atoms with Crippen molar-refractivity contribution in [3.8, 4) is 5.75 Å². The Morgan fingerprint density at radius 1 is 1.35 bits per heavy atom. The number of carbonyl (C=O) groups excluding carboxylic acids is 1. The smallest absolute Gasteiger partial charge is 0.255 e. The molecule has 2 fully saturated rings. The molecule has 0 aromatic heterocycles. The zero-order valence-corrected chi connectivity index (χ0v) is 13.7. The van der Waals surface area contributed by atoms with Crippen LogP contribution in [0.25, 0.3) is 0 Å². The number of hydrogen-bond donors (Lipinski definition) is 1. The quantitative estimate of drug-likeness (QED) is 0.794. The number of fused-ring (bicyclic) bond motifs is 2. The topological polar surface area (TPSA) is 41.6 Å². The number of nitrogens with zero attached hydrogens (tertiary/aromatic N) is 1. The van der Waals surface area contributed by atoms with Crippen molar-refractivity contribution in [2.75, 3.05) is 20.2 Å². The zero-order chi connectivity index (χ0) is 14.1. The van der Waals surface area contributed by atoms with Crippen LogP contribution in [-0.2, 0) is 0 Å². The van der Waals surface area contributed by atoms with Crippen molar-refractivity contribution in [2.45, 2.75) is 31.3 Å². The highest BCUT2D eigenvalue weighted by atomic mass is 127. The molecule has 1 amide bonds. The Hall–Kier alpha value is -0.820. The summed E-state index contributed by atoms with van der Waals surface area (Å²) in [6, 6.07) is 6.44. The van der Waals surface area contributed by atoms with Crippen LogP contribution >= 0.6 is 22.6 Å². The van der Waals surface area contributed by atoms with E-state index in [1.54, 1.807) is 7.11 Å². The fourth-order valence-corrected chi connectivity index (χ4v) is 3.97. The van der Waals surface area contributed by atoms with Crippen molar-refractivity contribution in [1.82, 2.24) is 10.2 Å². The first-order chi connectivity index (χ1) is 9.70. The van der Waals surface area contributed by atoms with E-state index < -0.39 is 0 Å². The second kappa shape index (κ2) is 5.89. The van der Waals surface area contributed by atoms with Gasteiger partial charge in [0.2, 0.25) is 0 Å². The maximum absolute atomic E-state index is 12.9. The van der Waals surface area contributed by atoms with Gasteiger partial charge >= 0.3 is 0 Å². The fraction of sp³-hybridized carbons (Fsp3) is 0.533. The van der Waals surface area contributed by atoms with Crippen molar-refractivity contribution in [2.24, 2.45) is 0 Å². The molecule has 2 atom stereocenters. The van der Waals surface area contributed by atoms with Gasteiger partial charge in [0.1, 0.15) is 5.75 Å². The van der Waals surface area contributed by atoms with Crippen LogP contribution in [0.15, 0.2) is 18.2 Å². The molecule has 0 aliphatic carbocycles. The van der Waals surface area contributed by atoms with E-state index in [2.05, 4.69) is 32.8 Å². The van der Waals surface area contributed by atoms with E-state index in [0.717, 1.165) is 47.2 Å². The number of nitrogens with one attached hydrogen (secondary N) is 1. The first-order valence-electron chi connectivity index (χ1n) is 7.07. The van der Waals surface area contributed by atoms with E-state index in [4.69, 9.17) is 4.74 Å². The van der Waals surface area contributed by atoms with Crippen LogP contribution in [0, 0.1) is 3.57 Å². The number of benzene rings is 1. The van der Waals surface area contributed by atoms with Gasteiger partial charge in [-0.3, -0.25) is 4.79 Å². The summed E-state index contributed by atoms with van der Waals surface area (Å²) in [5.74, 6) is 0.972. The van der Waals surface area contributed by atoms with Gasteiger partial charge in [0.05, 0.1) is 12.7 Å². The predicted molar refractivity (Wildman–Crippen MR) is 86.2 cm³/mol. The summed E-state index contributed by atoms with van der Waals surface area (Å²) in [6.45, 7) is 1.94. The summed E-state index contributed by atoms with van der Waals surface area (Å²) in [5, 5.41) is 3.43. The zero-order valence-electron chi connectivity index (χ0n) is 11.6. The van der Waals surface area contributed by atoms with Crippen molar-refractivity contribution in [3.63, 3.8) is 0 Å². The number of amides is 1. The average Bonchev–Trinajstić information content (AvgIpc) is 2.71. The molecule has 1 aromatic rings. The van der Waals surface area contributed by atoms with E-state index in [9.17, 15) is 4.79 Å². The third-order valence-electron chi connectivity index (χ3n) is 4.30. The summed E-state index contributed by atoms with van der Waals surface area (Å²) < 4.78 is 6.17.